The van der Waals surface area contributed by atoms with Crippen LogP contribution in [0.3, 0.4) is 0 Å². The molecule has 1 saturated heterocycles. The highest BCUT2D eigenvalue weighted by Gasteiger charge is 2.32. The average Bonchev–Trinajstić information content (AvgIpc) is 2.72. The van der Waals surface area contributed by atoms with Gasteiger partial charge in [0.15, 0.2) is 0 Å². The van der Waals surface area contributed by atoms with Crippen molar-refractivity contribution in [2.24, 2.45) is 5.41 Å². The lowest BCUT2D eigenvalue weighted by atomic mass is 9.74. The summed E-state index contributed by atoms with van der Waals surface area (Å²) < 4.78 is 0. The molecule has 80 valence electrons. The largest absolute Gasteiger partial charge is 0.396 e. The smallest absolute Gasteiger partial charge is 0.0491 e. The third kappa shape index (κ3) is 2.18. The molecule has 1 aliphatic heterocycles. The molecule has 14 heavy (non-hydrogen) atoms. The minimum absolute atomic E-state index is 0.210. The van der Waals surface area contributed by atoms with E-state index in [1.165, 1.54) is 19.3 Å². The maximum absolute atomic E-state index is 9.55. The van der Waals surface area contributed by atoms with Crippen LogP contribution in [0, 0.1) is 5.41 Å². The summed E-state index contributed by atoms with van der Waals surface area (Å²) in [5, 5.41) is 12.9. The molecule has 0 radical (unpaired) electrons. The number of rotatable bonds is 3. The first-order valence-corrected chi connectivity index (χ1v) is 5.84. The van der Waals surface area contributed by atoms with Gasteiger partial charge in [-0.2, -0.15) is 0 Å². The summed E-state index contributed by atoms with van der Waals surface area (Å²) in [6, 6.07) is 0. The molecule has 0 atom stereocenters. The summed E-state index contributed by atoms with van der Waals surface area (Å²) in [6.45, 7) is 2.52. The Kier molecular flexibility index (Phi) is 3.24. The Morgan fingerprint density at radius 3 is 2.71 bits per heavy atom. The van der Waals surface area contributed by atoms with Crippen molar-refractivity contribution in [3.05, 3.63) is 11.6 Å². The van der Waals surface area contributed by atoms with Gasteiger partial charge in [0.2, 0.25) is 0 Å². The predicted molar refractivity (Wildman–Crippen MR) is 58.2 cm³/mol. The minimum atomic E-state index is 0.210. The van der Waals surface area contributed by atoms with Crippen LogP contribution < -0.4 is 5.32 Å². The maximum atomic E-state index is 9.55. The number of aliphatic hydroxyl groups excluding tert-OH is 1. The van der Waals surface area contributed by atoms with Gasteiger partial charge in [0, 0.05) is 6.61 Å². The third-order valence-electron chi connectivity index (χ3n) is 3.74. The van der Waals surface area contributed by atoms with Crippen LogP contribution in [0.15, 0.2) is 11.6 Å². The van der Waals surface area contributed by atoms with Gasteiger partial charge in [0.05, 0.1) is 0 Å². The average molecular weight is 195 g/mol. The molecule has 0 amide bonds. The fourth-order valence-electron chi connectivity index (χ4n) is 2.73. The van der Waals surface area contributed by atoms with Gasteiger partial charge in [-0.3, -0.25) is 0 Å². The number of nitrogens with one attached hydrogen (secondary N) is 1. The van der Waals surface area contributed by atoms with Crippen LogP contribution in [0.2, 0.25) is 0 Å². The molecule has 1 aliphatic carbocycles. The Morgan fingerprint density at radius 2 is 2.14 bits per heavy atom. The maximum Gasteiger partial charge on any atom is 0.0491 e. The lowest BCUT2D eigenvalue weighted by Crippen LogP contribution is -2.39. The molecule has 1 fully saturated rings. The van der Waals surface area contributed by atoms with Crippen LogP contribution >= 0.6 is 0 Å². The first-order valence-electron chi connectivity index (χ1n) is 5.84. The lowest BCUT2D eigenvalue weighted by molar-refractivity contribution is 0.0887. The van der Waals surface area contributed by atoms with Crippen molar-refractivity contribution in [1.29, 1.82) is 0 Å². The standard InChI is InChI=1S/C12H21NO/c14-10-12(5-7-13-8-6-12)9-11-3-1-2-4-11/h3,13-14H,1-2,4-10H2. The van der Waals surface area contributed by atoms with Crippen molar-refractivity contribution in [2.45, 2.75) is 38.5 Å². The van der Waals surface area contributed by atoms with Crippen LogP contribution in [0.5, 0.6) is 0 Å². The van der Waals surface area contributed by atoms with E-state index in [4.69, 9.17) is 0 Å². The summed E-state index contributed by atoms with van der Waals surface area (Å²) in [6.07, 6.45) is 9.67. The summed E-state index contributed by atoms with van der Waals surface area (Å²) in [5.41, 5.74) is 1.81. The normalized spacial score (nSPS) is 26.2. The minimum Gasteiger partial charge on any atom is -0.396 e. The number of hydrogen-bond acceptors (Lipinski definition) is 2. The molecule has 2 nitrogen and oxygen atoms in total. The van der Waals surface area contributed by atoms with E-state index in [2.05, 4.69) is 11.4 Å². The Balaban J connectivity index is 1.96. The van der Waals surface area contributed by atoms with Crippen molar-refractivity contribution in [2.75, 3.05) is 19.7 Å². The first-order chi connectivity index (χ1) is 6.85. The SMILES string of the molecule is OCC1(CC2=CCCC2)CCNCC1. The van der Waals surface area contributed by atoms with Crippen molar-refractivity contribution in [3.63, 3.8) is 0 Å². The Hall–Kier alpha value is -0.340. The van der Waals surface area contributed by atoms with Crippen LogP contribution in [0.4, 0.5) is 0 Å². The molecule has 0 aromatic rings. The van der Waals surface area contributed by atoms with Gasteiger partial charge in [0.1, 0.15) is 0 Å². The van der Waals surface area contributed by atoms with Crippen molar-refractivity contribution in [3.8, 4) is 0 Å². The molecule has 0 bridgehead atoms. The molecule has 2 heteroatoms. The summed E-state index contributed by atoms with van der Waals surface area (Å²) in [4.78, 5) is 0. The zero-order valence-electron chi connectivity index (χ0n) is 8.89. The lowest BCUT2D eigenvalue weighted by Gasteiger charge is -2.36. The quantitative estimate of drug-likeness (QED) is 0.674. The number of piperidine rings is 1. The van der Waals surface area contributed by atoms with E-state index in [-0.39, 0.29) is 5.41 Å². The van der Waals surface area contributed by atoms with Gasteiger partial charge in [0.25, 0.3) is 0 Å². The highest BCUT2D eigenvalue weighted by Crippen LogP contribution is 2.38. The third-order valence-corrected chi connectivity index (χ3v) is 3.74. The molecular weight excluding hydrogens is 174 g/mol. The highest BCUT2D eigenvalue weighted by molar-refractivity contribution is 5.11. The van der Waals surface area contributed by atoms with Gasteiger partial charge in [-0.25, -0.2) is 0 Å². The molecule has 0 spiro atoms. The van der Waals surface area contributed by atoms with E-state index in [1.54, 1.807) is 5.57 Å². The summed E-state index contributed by atoms with van der Waals surface area (Å²) >= 11 is 0. The molecule has 0 aromatic heterocycles. The summed E-state index contributed by atoms with van der Waals surface area (Å²) in [5.74, 6) is 0. The molecule has 2 rings (SSSR count). The van der Waals surface area contributed by atoms with Crippen LogP contribution in [0.1, 0.15) is 38.5 Å². The number of allylic oxidation sites excluding steroid dienone is 2. The van der Waals surface area contributed by atoms with Gasteiger partial charge in [-0.15, -0.1) is 0 Å². The molecule has 0 unspecified atom stereocenters. The van der Waals surface area contributed by atoms with Crippen molar-refractivity contribution in [1.82, 2.24) is 5.32 Å². The Bertz CT molecular complexity index is 216. The van der Waals surface area contributed by atoms with Gasteiger partial charge in [-0.05, 0) is 57.0 Å². The molecule has 2 aliphatic rings. The number of aliphatic hydroxyl groups is 1. The molecule has 1 heterocycles. The van der Waals surface area contributed by atoms with Crippen LogP contribution in [-0.2, 0) is 0 Å². The van der Waals surface area contributed by atoms with E-state index >= 15 is 0 Å². The van der Waals surface area contributed by atoms with E-state index < -0.39 is 0 Å². The predicted octanol–water partition coefficient (Wildman–Crippen LogP) is 1.85. The van der Waals surface area contributed by atoms with Crippen molar-refractivity contribution >= 4 is 0 Å². The zero-order valence-corrected chi connectivity index (χ0v) is 8.89. The van der Waals surface area contributed by atoms with Crippen molar-refractivity contribution < 1.29 is 5.11 Å². The molecule has 2 N–H and O–H groups in total. The zero-order chi connectivity index (χ0) is 9.86. The van der Waals surface area contributed by atoms with Gasteiger partial charge in [-0.1, -0.05) is 11.6 Å². The Morgan fingerprint density at radius 1 is 1.36 bits per heavy atom. The second-order valence-electron chi connectivity index (χ2n) is 4.84. The van der Waals surface area contributed by atoms with Gasteiger partial charge >= 0.3 is 0 Å². The number of hydrogen-bond donors (Lipinski definition) is 2. The molecule has 0 aromatic carbocycles. The van der Waals surface area contributed by atoms with E-state index in [9.17, 15) is 5.11 Å². The fourth-order valence-corrected chi connectivity index (χ4v) is 2.73. The highest BCUT2D eigenvalue weighted by atomic mass is 16.3. The Labute approximate surface area is 86.4 Å². The van der Waals surface area contributed by atoms with Crippen LogP contribution in [-0.4, -0.2) is 24.8 Å². The second-order valence-corrected chi connectivity index (χ2v) is 4.84. The first kappa shape index (κ1) is 10.2. The van der Waals surface area contributed by atoms with E-state index in [0.717, 1.165) is 32.4 Å². The summed E-state index contributed by atoms with van der Waals surface area (Å²) in [7, 11) is 0. The van der Waals surface area contributed by atoms with Crippen LogP contribution in [0.25, 0.3) is 0 Å². The topological polar surface area (TPSA) is 32.3 Å². The molecular formula is C12H21NO. The second kappa shape index (κ2) is 4.45. The van der Waals surface area contributed by atoms with E-state index in [1.807, 2.05) is 0 Å². The molecule has 0 saturated carbocycles. The van der Waals surface area contributed by atoms with Gasteiger partial charge < -0.3 is 10.4 Å². The fraction of sp³-hybridized carbons (Fsp3) is 0.833. The monoisotopic (exact) mass is 195 g/mol. The van der Waals surface area contributed by atoms with E-state index in [0.29, 0.717) is 6.61 Å².